The van der Waals surface area contributed by atoms with E-state index in [0.29, 0.717) is 0 Å². The van der Waals surface area contributed by atoms with Crippen molar-refractivity contribution in [3.8, 4) is 0 Å². The first-order chi connectivity index (χ1) is 14.6. The van der Waals surface area contributed by atoms with Gasteiger partial charge < -0.3 is 24.8 Å². The molecule has 32 heavy (non-hydrogen) atoms. The smallest absolute Gasteiger partial charge is 0.0637 e. The van der Waals surface area contributed by atoms with Gasteiger partial charge in [0.05, 0.1) is 0 Å². The van der Waals surface area contributed by atoms with Crippen LogP contribution in [0.5, 0.6) is 0 Å². The van der Waals surface area contributed by atoms with E-state index in [0.717, 1.165) is 12.8 Å². The molecule has 0 unspecified atom stereocenters. The first-order valence-corrected chi connectivity index (χ1v) is 11.6. The Bertz CT molecular complexity index is 1190. The minimum Gasteiger partial charge on any atom is -1.00 e. The molecular weight excluding hydrogens is 510 g/mol. The molecule has 0 saturated heterocycles. The van der Waals surface area contributed by atoms with Gasteiger partial charge in [-0.2, -0.15) is 35.4 Å². The van der Waals surface area contributed by atoms with Crippen molar-refractivity contribution < 1.29 is 49.0 Å². The predicted molar refractivity (Wildman–Crippen MR) is 125 cm³/mol. The van der Waals surface area contributed by atoms with Crippen molar-refractivity contribution in [3.05, 3.63) is 119 Å². The van der Waals surface area contributed by atoms with Crippen molar-refractivity contribution >= 4 is 24.8 Å². The summed E-state index contributed by atoms with van der Waals surface area (Å²) in [6.45, 7) is 4.25. The van der Waals surface area contributed by atoms with Crippen molar-refractivity contribution in [1.82, 2.24) is 0 Å². The van der Waals surface area contributed by atoms with Crippen molar-refractivity contribution in [2.24, 2.45) is 0 Å². The second-order valence-corrected chi connectivity index (χ2v) is 10.2. The molecule has 3 heteroatoms. The zero-order chi connectivity index (χ0) is 20.9. The van der Waals surface area contributed by atoms with Crippen LogP contribution in [0.4, 0.5) is 0 Å². The quantitative estimate of drug-likeness (QED) is 0.295. The van der Waals surface area contributed by atoms with E-state index in [1.54, 1.807) is 24.2 Å². The third-order valence-corrected chi connectivity index (χ3v) is 5.17. The number of halogens is 2. The van der Waals surface area contributed by atoms with E-state index < -0.39 is 0 Å². The van der Waals surface area contributed by atoms with Gasteiger partial charge in [-0.15, -0.1) is 46.2 Å². The summed E-state index contributed by atoms with van der Waals surface area (Å²) in [5.41, 5.74) is 5.38. The second-order valence-electron chi connectivity index (χ2n) is 7.75. The Hall–Kier alpha value is -1.79. The Labute approximate surface area is 218 Å². The molecule has 160 valence electrons. The van der Waals surface area contributed by atoms with Gasteiger partial charge in [-0.25, -0.2) is 0 Å². The van der Waals surface area contributed by atoms with Crippen LogP contribution in [0, 0.1) is 12.2 Å². The zero-order valence-electron chi connectivity index (χ0n) is 18.3. The molecule has 0 aromatic heterocycles. The van der Waals surface area contributed by atoms with Gasteiger partial charge in [0.25, 0.3) is 0 Å². The molecule has 6 rings (SSSR count). The molecule has 0 radical (unpaired) electrons. The minimum atomic E-state index is 0. The fourth-order valence-corrected chi connectivity index (χ4v) is 3.84. The van der Waals surface area contributed by atoms with E-state index in [1.807, 2.05) is 0 Å². The van der Waals surface area contributed by atoms with Crippen LogP contribution in [0.3, 0.4) is 0 Å². The van der Waals surface area contributed by atoms with Crippen molar-refractivity contribution in [1.29, 1.82) is 0 Å². The third kappa shape index (κ3) is 6.17. The summed E-state index contributed by atoms with van der Waals surface area (Å²) < 4.78 is 1.51. The monoisotopic (exact) mass is 532 g/mol. The van der Waals surface area contributed by atoms with Crippen molar-refractivity contribution in [2.75, 3.05) is 0 Å². The van der Waals surface area contributed by atoms with Gasteiger partial charge in [-0.1, -0.05) is 72.1 Å². The molecule has 4 aromatic carbocycles. The molecule has 0 saturated carbocycles. The molecule has 0 nitrogen and oxygen atoms in total. The predicted octanol–water partition coefficient (Wildman–Crippen LogP) is 0.960. The average Bonchev–Trinajstić information content (AvgIpc) is 3.43. The van der Waals surface area contributed by atoms with Gasteiger partial charge >= 0.3 is 41.3 Å². The van der Waals surface area contributed by atoms with E-state index in [2.05, 4.69) is 111 Å². The fourth-order valence-electron chi connectivity index (χ4n) is 3.84. The maximum Gasteiger partial charge on any atom is -0.0637 e. The number of hydrogen-bond acceptors (Lipinski definition) is 0. The van der Waals surface area contributed by atoms with Gasteiger partial charge in [0.1, 0.15) is 0 Å². The third-order valence-electron chi connectivity index (χ3n) is 5.17. The number of benzene rings is 4. The molecule has 0 atom stereocenters. The molecule has 0 fully saturated rings. The van der Waals surface area contributed by atoms with Crippen LogP contribution in [-0.4, -0.2) is 3.21 Å². The first-order valence-electron chi connectivity index (χ1n) is 10.3. The Balaban J connectivity index is 0.000000185. The Morgan fingerprint density at radius 1 is 0.625 bits per heavy atom. The maximum atomic E-state index is 3.32. The summed E-state index contributed by atoms with van der Waals surface area (Å²) >= 11 is 1.55. The van der Waals surface area contributed by atoms with Crippen molar-refractivity contribution in [2.45, 2.75) is 26.7 Å². The van der Waals surface area contributed by atoms with E-state index >= 15 is 0 Å². The van der Waals surface area contributed by atoms with Crippen LogP contribution in [-0.2, 0) is 37.1 Å². The molecule has 0 aliphatic heterocycles. The van der Waals surface area contributed by atoms with Gasteiger partial charge in [0, 0.05) is 0 Å². The fraction of sp³-hybridized carbons (Fsp3) is 0.138. The van der Waals surface area contributed by atoms with E-state index in [4.69, 9.17) is 0 Å². The van der Waals surface area contributed by atoms with Gasteiger partial charge in [-0.3, -0.25) is 0 Å². The molecule has 0 bridgehead atoms. The molecular formula is C29H24Cl2Zr-2. The molecule has 2 aliphatic rings. The van der Waals surface area contributed by atoms with Gasteiger partial charge in [0.2, 0.25) is 0 Å². The van der Waals surface area contributed by atoms with Crippen LogP contribution in [0.2, 0.25) is 0 Å². The Kier molecular flexibility index (Phi) is 10.3. The molecule has 0 N–H and O–H groups in total. The summed E-state index contributed by atoms with van der Waals surface area (Å²) in [6.07, 6.45) is 12.9. The minimum absolute atomic E-state index is 0. The standard InChI is InChI=1S/2C13H9.C3H6.2ClH.Zr/c2*1-2-6-12-10(4-1)8-9-11-5-3-7-13(11)12;1-3-2;;;/h2*1-4,6,8-9H,5H2;1-2H3;2*1H;/q2*-1;;;;+2/p-2. The van der Waals surface area contributed by atoms with E-state index in [1.165, 1.54) is 47.0 Å². The average molecular weight is 535 g/mol. The zero-order valence-corrected chi connectivity index (χ0v) is 22.2. The van der Waals surface area contributed by atoms with Crippen LogP contribution < -0.4 is 24.8 Å². The summed E-state index contributed by atoms with van der Waals surface area (Å²) in [4.78, 5) is 0. The topological polar surface area (TPSA) is 0 Å². The molecule has 4 aromatic rings. The van der Waals surface area contributed by atoms with E-state index in [-0.39, 0.29) is 24.8 Å². The summed E-state index contributed by atoms with van der Waals surface area (Å²) in [5.74, 6) is 0. The van der Waals surface area contributed by atoms with Crippen LogP contribution >= 0.6 is 0 Å². The number of rotatable bonds is 0. The molecule has 0 heterocycles. The largest absolute Gasteiger partial charge is 1.00 e. The van der Waals surface area contributed by atoms with Crippen LogP contribution in [0.1, 0.15) is 36.1 Å². The number of fused-ring (bicyclic) bond motifs is 6. The van der Waals surface area contributed by atoms with Crippen molar-refractivity contribution in [3.63, 3.8) is 0 Å². The van der Waals surface area contributed by atoms with Gasteiger partial charge in [-0.05, 0) is 0 Å². The normalized spacial score (nSPS) is 11.9. The van der Waals surface area contributed by atoms with Crippen LogP contribution in [0.15, 0.2) is 84.9 Å². The molecule has 0 amide bonds. The Morgan fingerprint density at radius 2 is 1.00 bits per heavy atom. The number of allylic oxidation sites excluding steroid dienone is 2. The molecule has 2 aliphatic carbocycles. The second kappa shape index (κ2) is 12.5. The summed E-state index contributed by atoms with van der Waals surface area (Å²) in [6, 6.07) is 25.7. The number of hydrogen-bond donors (Lipinski definition) is 0. The summed E-state index contributed by atoms with van der Waals surface area (Å²) in [7, 11) is 0. The molecule has 0 spiro atoms. The maximum absolute atomic E-state index is 3.32. The Morgan fingerprint density at radius 3 is 1.41 bits per heavy atom. The first kappa shape index (κ1) is 26.5. The summed E-state index contributed by atoms with van der Waals surface area (Å²) in [5, 5.41) is 5.27. The van der Waals surface area contributed by atoms with E-state index in [9.17, 15) is 0 Å². The van der Waals surface area contributed by atoms with Crippen LogP contribution in [0.25, 0.3) is 21.5 Å². The SMILES string of the molecule is C[C](C)=[Zr+2].[C-]1=CCc2ccc3ccccc3c21.[C-]1=CCc2ccc3ccccc3c21.[Cl-].[Cl-]. The van der Waals surface area contributed by atoms with Gasteiger partial charge in [0.15, 0.2) is 0 Å².